The van der Waals surface area contributed by atoms with Crippen LogP contribution in [-0.2, 0) is 17.3 Å². The van der Waals surface area contributed by atoms with Gasteiger partial charge in [0.25, 0.3) is 11.8 Å². The van der Waals surface area contributed by atoms with Crippen molar-refractivity contribution in [3.05, 3.63) is 59.3 Å². The van der Waals surface area contributed by atoms with Crippen molar-refractivity contribution in [2.75, 3.05) is 38.0 Å². The van der Waals surface area contributed by atoms with Gasteiger partial charge < -0.3 is 26.6 Å². The third-order valence-electron chi connectivity index (χ3n) is 6.89. The van der Waals surface area contributed by atoms with Gasteiger partial charge in [-0.3, -0.25) is 18.7 Å². The van der Waals surface area contributed by atoms with Gasteiger partial charge in [0.15, 0.2) is 11.5 Å². The lowest BCUT2D eigenvalue weighted by molar-refractivity contribution is -0.120. The second-order valence-corrected chi connectivity index (χ2v) is 10.7. The van der Waals surface area contributed by atoms with Crippen molar-refractivity contribution in [1.29, 1.82) is 5.26 Å². The van der Waals surface area contributed by atoms with Gasteiger partial charge in [0.05, 0.1) is 35.1 Å². The molecule has 3 aromatic heterocycles. The van der Waals surface area contributed by atoms with Crippen LogP contribution < -0.4 is 26.6 Å². The molecule has 44 heavy (non-hydrogen) atoms. The number of carbonyl (C=O) groups excluding carboxylic acids is 2. The number of halogens is 3. The molecule has 4 heterocycles. The Morgan fingerprint density at radius 1 is 1.27 bits per heavy atom. The zero-order valence-electron chi connectivity index (χ0n) is 23.7. The number of amides is 2. The van der Waals surface area contributed by atoms with E-state index in [1.165, 1.54) is 18.6 Å². The van der Waals surface area contributed by atoms with Gasteiger partial charge in [0.1, 0.15) is 12.2 Å². The minimum Gasteiger partial charge on any atom is -0.351 e. The van der Waals surface area contributed by atoms with Gasteiger partial charge in [-0.1, -0.05) is 11.6 Å². The number of rotatable bonds is 12. The average molecular weight is 626 g/mol. The Balaban J connectivity index is 1.22. The summed E-state index contributed by atoms with van der Waals surface area (Å²) in [6, 6.07) is 6.83. The maximum absolute atomic E-state index is 14.4. The van der Waals surface area contributed by atoms with Crippen LogP contribution in [0.3, 0.4) is 0 Å². The highest BCUT2D eigenvalue weighted by atomic mass is 35.5. The van der Waals surface area contributed by atoms with Crippen molar-refractivity contribution >= 4 is 40.6 Å². The smallest absolute Gasteiger partial charge is 0.289 e. The summed E-state index contributed by atoms with van der Waals surface area (Å²) in [5, 5.41) is 28.1. The summed E-state index contributed by atoms with van der Waals surface area (Å²) in [4.78, 5) is 33.4. The summed E-state index contributed by atoms with van der Waals surface area (Å²) >= 11 is 6.42. The molecule has 0 bridgehead atoms. The molecule has 1 atom stereocenters. The zero-order valence-corrected chi connectivity index (χ0v) is 24.5. The Morgan fingerprint density at radius 3 is 2.84 bits per heavy atom. The van der Waals surface area contributed by atoms with Crippen LogP contribution in [0.2, 0.25) is 5.02 Å². The van der Waals surface area contributed by atoms with Crippen molar-refractivity contribution in [3.63, 3.8) is 0 Å². The van der Waals surface area contributed by atoms with Crippen molar-refractivity contribution in [1.82, 2.24) is 45.4 Å². The summed E-state index contributed by atoms with van der Waals surface area (Å²) in [5.74, 6) is -3.39. The fourth-order valence-electron chi connectivity index (χ4n) is 4.83. The molecule has 13 nitrogen and oxygen atoms in total. The molecule has 2 amide bonds. The number of nitriles is 1. The molecule has 0 spiro atoms. The molecule has 1 fully saturated rings. The Kier molecular flexibility index (Phi) is 9.33. The first kappa shape index (κ1) is 30.8. The maximum Gasteiger partial charge on any atom is 0.289 e. The number of imidazole rings is 1. The average Bonchev–Trinajstić information content (AvgIpc) is 3.73. The number of nitrogens with zero attached hydrogens (tertiary/aromatic N) is 6. The van der Waals surface area contributed by atoms with Gasteiger partial charge in [-0.15, -0.1) is 0 Å². The fourth-order valence-corrected chi connectivity index (χ4v) is 5.09. The first-order chi connectivity index (χ1) is 21.1. The van der Waals surface area contributed by atoms with Gasteiger partial charge in [0.2, 0.25) is 5.91 Å². The van der Waals surface area contributed by atoms with Gasteiger partial charge in [-0.05, 0) is 31.2 Å². The SMILES string of the molecule is CC(F)(F)c1nn(CC#N)cc1-c1cnc2c(Nc3ccc(C(=O)NCCNCC(=O)N[C@H]4CCNC4)c(Cl)c3)nccn12. The normalized spacial score (nSPS) is 14.8. The highest BCUT2D eigenvalue weighted by Crippen LogP contribution is 2.35. The molecule has 16 heteroatoms. The number of benzene rings is 1. The summed E-state index contributed by atoms with van der Waals surface area (Å²) in [7, 11) is 0. The van der Waals surface area contributed by atoms with Crippen molar-refractivity contribution in [2.45, 2.75) is 31.9 Å². The van der Waals surface area contributed by atoms with Gasteiger partial charge in [0, 0.05) is 62.4 Å². The van der Waals surface area contributed by atoms with E-state index in [2.05, 4.69) is 41.7 Å². The van der Waals surface area contributed by atoms with Crippen LogP contribution in [0.1, 0.15) is 29.4 Å². The second kappa shape index (κ2) is 13.3. The molecule has 0 aliphatic carbocycles. The number of hydrogen-bond acceptors (Lipinski definition) is 9. The van der Waals surface area contributed by atoms with Crippen LogP contribution >= 0.6 is 11.6 Å². The molecule has 4 aromatic rings. The Labute approximate surface area is 256 Å². The van der Waals surface area contributed by atoms with E-state index >= 15 is 0 Å². The van der Waals surface area contributed by atoms with Crippen LogP contribution in [-0.4, -0.2) is 74.7 Å². The second-order valence-electron chi connectivity index (χ2n) is 10.3. The minimum atomic E-state index is -3.25. The minimum absolute atomic E-state index is 0.0908. The number of alkyl halides is 2. The lowest BCUT2D eigenvalue weighted by Gasteiger charge is -2.12. The molecule has 230 valence electrons. The molecule has 5 N–H and O–H groups in total. The van der Waals surface area contributed by atoms with Crippen LogP contribution in [0, 0.1) is 11.3 Å². The molecule has 1 saturated heterocycles. The van der Waals surface area contributed by atoms with Crippen LogP contribution in [0.15, 0.2) is 43.0 Å². The monoisotopic (exact) mass is 625 g/mol. The summed E-state index contributed by atoms with van der Waals surface area (Å²) in [6.07, 6.45) is 6.79. The quantitative estimate of drug-likeness (QED) is 0.149. The third kappa shape index (κ3) is 7.10. The molecular formula is C28H30ClF2N11O2. The number of fused-ring (bicyclic) bond motifs is 1. The predicted octanol–water partition coefficient (Wildman–Crippen LogP) is 2.42. The summed E-state index contributed by atoms with van der Waals surface area (Å²) in [5.41, 5.74) is 1.14. The highest BCUT2D eigenvalue weighted by Gasteiger charge is 2.33. The fraction of sp³-hybridized carbons (Fsp3) is 0.357. The first-order valence-electron chi connectivity index (χ1n) is 13.8. The molecule has 0 radical (unpaired) electrons. The van der Waals surface area contributed by atoms with E-state index in [9.17, 15) is 18.4 Å². The Bertz CT molecular complexity index is 1700. The lowest BCUT2D eigenvalue weighted by Crippen LogP contribution is -2.42. The van der Waals surface area contributed by atoms with Gasteiger partial charge in [-0.25, -0.2) is 9.97 Å². The summed E-state index contributed by atoms with van der Waals surface area (Å²) in [6.45, 7) is 3.08. The molecular weight excluding hydrogens is 596 g/mol. The van der Waals surface area contributed by atoms with E-state index in [0.717, 1.165) is 31.1 Å². The summed E-state index contributed by atoms with van der Waals surface area (Å²) < 4.78 is 31.5. The highest BCUT2D eigenvalue weighted by molar-refractivity contribution is 6.34. The number of anilines is 2. The van der Waals surface area contributed by atoms with E-state index in [4.69, 9.17) is 16.9 Å². The molecule has 1 aliphatic heterocycles. The number of nitrogens with one attached hydrogen (secondary N) is 5. The van der Waals surface area contributed by atoms with Crippen LogP contribution in [0.25, 0.3) is 16.9 Å². The lowest BCUT2D eigenvalue weighted by atomic mass is 10.1. The van der Waals surface area contributed by atoms with Crippen molar-refractivity contribution < 1.29 is 18.4 Å². The van der Waals surface area contributed by atoms with Crippen molar-refractivity contribution in [2.24, 2.45) is 0 Å². The van der Waals surface area contributed by atoms with E-state index < -0.39 is 11.6 Å². The van der Waals surface area contributed by atoms with Gasteiger partial charge in [-0.2, -0.15) is 19.1 Å². The number of carbonyl (C=O) groups is 2. The first-order valence-corrected chi connectivity index (χ1v) is 14.2. The van der Waals surface area contributed by atoms with E-state index in [-0.39, 0.29) is 47.1 Å². The Hall–Kier alpha value is -4.65. The number of hydrogen-bond donors (Lipinski definition) is 5. The third-order valence-corrected chi connectivity index (χ3v) is 7.20. The van der Waals surface area contributed by atoms with E-state index in [1.54, 1.807) is 28.8 Å². The standard InChI is InChI=1S/C28H30ClF2N11O2/c1-28(30,31)24-20(16-41(40-24)10-5-32)22-14-37-26-25(35-9-11-42(22)26)39-17-2-3-19(21(29)12-17)27(44)36-8-7-34-15-23(43)38-18-4-6-33-13-18/h2-3,9,11-12,14,16,18,33-34H,4,6-8,10,13,15H2,1H3,(H,35,39)(H,36,44)(H,38,43)/t18-/m0/s1. The molecule has 5 rings (SSSR count). The van der Waals surface area contributed by atoms with Crippen LogP contribution in [0.5, 0.6) is 0 Å². The molecule has 0 unspecified atom stereocenters. The van der Waals surface area contributed by atoms with E-state index in [0.29, 0.717) is 35.9 Å². The molecule has 1 aliphatic rings. The largest absolute Gasteiger partial charge is 0.351 e. The van der Waals surface area contributed by atoms with Crippen LogP contribution in [0.4, 0.5) is 20.3 Å². The molecule has 0 saturated carbocycles. The number of aromatic nitrogens is 5. The molecule has 1 aromatic carbocycles. The van der Waals surface area contributed by atoms with Gasteiger partial charge >= 0.3 is 0 Å². The zero-order chi connectivity index (χ0) is 31.3. The maximum atomic E-state index is 14.4. The van der Waals surface area contributed by atoms with E-state index in [1.807, 2.05) is 6.07 Å². The topological polar surface area (TPSA) is 166 Å². The Morgan fingerprint density at radius 2 is 2.11 bits per heavy atom. The van der Waals surface area contributed by atoms with Crippen molar-refractivity contribution in [3.8, 4) is 17.3 Å². The predicted molar refractivity (Wildman–Crippen MR) is 159 cm³/mol.